The molecule has 1 N–H and O–H groups in total. The minimum absolute atomic E-state index is 0.634. The molecule has 1 saturated carbocycles. The van der Waals surface area contributed by atoms with Crippen LogP contribution in [0.5, 0.6) is 0 Å². The van der Waals surface area contributed by atoms with Gasteiger partial charge in [0.05, 0.1) is 11.9 Å². The Labute approximate surface area is 106 Å². The Morgan fingerprint density at radius 3 is 2.94 bits per heavy atom. The van der Waals surface area contributed by atoms with Crippen LogP contribution < -0.4 is 5.32 Å². The lowest BCUT2D eigenvalue weighted by Gasteiger charge is -2.32. The third-order valence-corrected chi connectivity index (χ3v) is 3.92. The van der Waals surface area contributed by atoms with Crippen LogP contribution in [0.4, 0.5) is 5.69 Å². The van der Waals surface area contributed by atoms with E-state index in [2.05, 4.69) is 39.2 Å². The number of rotatable bonds is 3. The van der Waals surface area contributed by atoms with Crippen molar-refractivity contribution < 1.29 is 0 Å². The Hall–Kier alpha value is -0.570. The second kappa shape index (κ2) is 5.67. The molecule has 1 aliphatic rings. The molecule has 2 nitrogen and oxygen atoms in total. The molecule has 88 valence electrons. The van der Waals surface area contributed by atoms with Crippen molar-refractivity contribution >= 4 is 21.6 Å². The maximum Gasteiger partial charge on any atom is 0.0540 e. The first-order valence-electron chi connectivity index (χ1n) is 6.16. The third-order valence-electron chi connectivity index (χ3n) is 3.49. The first-order valence-corrected chi connectivity index (χ1v) is 6.96. The number of halogens is 1. The molecule has 1 aromatic heterocycles. The Kier molecular flexibility index (Phi) is 4.22. The normalized spacial score (nSPS) is 25.4. The van der Waals surface area contributed by atoms with Gasteiger partial charge in [-0.25, -0.2) is 0 Å². The van der Waals surface area contributed by atoms with E-state index >= 15 is 0 Å². The van der Waals surface area contributed by atoms with Gasteiger partial charge in [0.15, 0.2) is 0 Å². The molecule has 0 amide bonds. The van der Waals surface area contributed by atoms with E-state index in [1.165, 1.54) is 32.1 Å². The monoisotopic (exact) mass is 282 g/mol. The van der Waals surface area contributed by atoms with Crippen LogP contribution in [0.1, 0.15) is 39.0 Å². The molecule has 0 spiro atoms. The van der Waals surface area contributed by atoms with E-state index in [9.17, 15) is 0 Å². The predicted molar refractivity (Wildman–Crippen MR) is 71.6 cm³/mol. The fourth-order valence-electron chi connectivity index (χ4n) is 2.59. The molecule has 0 radical (unpaired) electrons. The minimum atomic E-state index is 0.634. The Balaban J connectivity index is 2.02. The van der Waals surface area contributed by atoms with Crippen LogP contribution in [0.2, 0.25) is 0 Å². The fraction of sp³-hybridized carbons (Fsp3) is 0.615. The van der Waals surface area contributed by atoms with E-state index in [1.807, 2.05) is 12.4 Å². The van der Waals surface area contributed by atoms with Gasteiger partial charge in [0.25, 0.3) is 0 Å². The van der Waals surface area contributed by atoms with Gasteiger partial charge >= 0.3 is 0 Å². The van der Waals surface area contributed by atoms with Crippen molar-refractivity contribution in [2.75, 3.05) is 5.32 Å². The van der Waals surface area contributed by atoms with Gasteiger partial charge in [-0.3, -0.25) is 4.98 Å². The number of nitrogens with zero attached hydrogens (tertiary/aromatic N) is 1. The lowest BCUT2D eigenvalue weighted by molar-refractivity contribution is 0.317. The summed E-state index contributed by atoms with van der Waals surface area (Å²) in [6.07, 6.45) is 10.4. The molecule has 1 aromatic rings. The second-order valence-electron chi connectivity index (χ2n) is 4.60. The largest absolute Gasteiger partial charge is 0.381 e. The number of aromatic nitrogens is 1. The zero-order valence-electron chi connectivity index (χ0n) is 9.75. The molecule has 0 bridgehead atoms. The molecule has 3 heteroatoms. The van der Waals surface area contributed by atoms with Crippen LogP contribution in [-0.4, -0.2) is 11.0 Å². The highest BCUT2D eigenvalue weighted by molar-refractivity contribution is 9.10. The van der Waals surface area contributed by atoms with Gasteiger partial charge < -0.3 is 5.32 Å². The summed E-state index contributed by atoms with van der Waals surface area (Å²) in [6, 6.07) is 2.74. The number of nitrogens with one attached hydrogen (secondary N) is 1. The molecule has 1 aliphatic carbocycles. The van der Waals surface area contributed by atoms with Gasteiger partial charge in [0.2, 0.25) is 0 Å². The first-order chi connectivity index (χ1) is 7.79. The molecule has 0 aliphatic heterocycles. The van der Waals surface area contributed by atoms with Gasteiger partial charge in [-0.1, -0.05) is 26.2 Å². The van der Waals surface area contributed by atoms with Crippen molar-refractivity contribution in [3.05, 3.63) is 22.9 Å². The number of hydrogen-bond donors (Lipinski definition) is 1. The SMILES string of the molecule is CCC1CCCCC1Nc1cncc(Br)c1. The minimum Gasteiger partial charge on any atom is -0.381 e. The molecule has 0 aromatic carbocycles. The van der Waals surface area contributed by atoms with E-state index in [4.69, 9.17) is 0 Å². The highest BCUT2D eigenvalue weighted by Crippen LogP contribution is 2.29. The van der Waals surface area contributed by atoms with E-state index in [0.717, 1.165) is 16.1 Å². The molecule has 2 atom stereocenters. The summed E-state index contributed by atoms with van der Waals surface area (Å²) in [5.74, 6) is 0.827. The zero-order chi connectivity index (χ0) is 11.4. The van der Waals surface area contributed by atoms with Crippen LogP contribution in [0.15, 0.2) is 22.9 Å². The quantitative estimate of drug-likeness (QED) is 0.898. The highest BCUT2D eigenvalue weighted by atomic mass is 79.9. The molecule has 2 unspecified atom stereocenters. The molecule has 16 heavy (non-hydrogen) atoms. The Bertz CT molecular complexity index is 340. The van der Waals surface area contributed by atoms with Gasteiger partial charge in [-0.15, -0.1) is 0 Å². The Morgan fingerprint density at radius 1 is 1.38 bits per heavy atom. The van der Waals surface area contributed by atoms with E-state index in [1.54, 1.807) is 0 Å². The predicted octanol–water partition coefficient (Wildman–Crippen LogP) is 4.22. The molecular weight excluding hydrogens is 264 g/mol. The van der Waals surface area contributed by atoms with E-state index in [-0.39, 0.29) is 0 Å². The molecule has 0 saturated heterocycles. The fourth-order valence-corrected chi connectivity index (χ4v) is 2.96. The van der Waals surface area contributed by atoms with Crippen molar-refractivity contribution in [1.29, 1.82) is 0 Å². The summed E-state index contributed by atoms with van der Waals surface area (Å²) in [6.45, 7) is 2.30. The third kappa shape index (κ3) is 2.97. The van der Waals surface area contributed by atoms with E-state index < -0.39 is 0 Å². The van der Waals surface area contributed by atoms with Crippen molar-refractivity contribution in [1.82, 2.24) is 4.98 Å². The molecular formula is C13H19BrN2. The summed E-state index contributed by atoms with van der Waals surface area (Å²) in [4.78, 5) is 4.19. The topological polar surface area (TPSA) is 24.9 Å². The van der Waals surface area contributed by atoms with Crippen molar-refractivity contribution in [2.45, 2.75) is 45.1 Å². The van der Waals surface area contributed by atoms with Crippen molar-refractivity contribution in [3.63, 3.8) is 0 Å². The lowest BCUT2D eigenvalue weighted by atomic mass is 9.83. The van der Waals surface area contributed by atoms with Gasteiger partial charge in [-0.2, -0.15) is 0 Å². The Morgan fingerprint density at radius 2 is 2.19 bits per heavy atom. The second-order valence-corrected chi connectivity index (χ2v) is 5.51. The zero-order valence-corrected chi connectivity index (χ0v) is 11.3. The maximum atomic E-state index is 4.19. The average molecular weight is 283 g/mol. The smallest absolute Gasteiger partial charge is 0.0540 e. The van der Waals surface area contributed by atoms with Gasteiger partial charge in [0, 0.05) is 16.7 Å². The van der Waals surface area contributed by atoms with Crippen LogP contribution >= 0.6 is 15.9 Å². The van der Waals surface area contributed by atoms with Crippen molar-refractivity contribution in [2.24, 2.45) is 5.92 Å². The summed E-state index contributed by atoms with van der Waals surface area (Å²) in [5.41, 5.74) is 1.14. The van der Waals surface area contributed by atoms with Crippen LogP contribution in [0.25, 0.3) is 0 Å². The summed E-state index contributed by atoms with van der Waals surface area (Å²) >= 11 is 3.46. The molecule has 2 rings (SSSR count). The van der Waals surface area contributed by atoms with Crippen LogP contribution in [-0.2, 0) is 0 Å². The maximum absolute atomic E-state index is 4.19. The number of anilines is 1. The lowest BCUT2D eigenvalue weighted by Crippen LogP contribution is -2.31. The number of pyridine rings is 1. The van der Waals surface area contributed by atoms with Crippen LogP contribution in [0.3, 0.4) is 0 Å². The first kappa shape index (κ1) is 11.9. The molecule has 1 heterocycles. The van der Waals surface area contributed by atoms with Crippen molar-refractivity contribution in [3.8, 4) is 0 Å². The summed E-state index contributed by atoms with van der Waals surface area (Å²) < 4.78 is 1.04. The average Bonchev–Trinajstić information content (AvgIpc) is 2.30. The molecule has 1 fully saturated rings. The standard InChI is InChI=1S/C13H19BrN2/c1-2-10-5-3-4-6-13(10)16-12-7-11(14)8-15-9-12/h7-10,13,16H,2-6H2,1H3. The van der Waals surface area contributed by atoms with E-state index in [0.29, 0.717) is 6.04 Å². The van der Waals surface area contributed by atoms with Crippen LogP contribution in [0, 0.1) is 5.92 Å². The number of hydrogen-bond acceptors (Lipinski definition) is 2. The summed E-state index contributed by atoms with van der Waals surface area (Å²) in [7, 11) is 0. The highest BCUT2D eigenvalue weighted by Gasteiger charge is 2.23. The van der Waals surface area contributed by atoms with Gasteiger partial charge in [0.1, 0.15) is 0 Å². The van der Waals surface area contributed by atoms with Gasteiger partial charge in [-0.05, 0) is 40.8 Å². The summed E-state index contributed by atoms with van der Waals surface area (Å²) in [5, 5.41) is 3.63.